The van der Waals surface area contributed by atoms with Crippen molar-refractivity contribution in [2.45, 2.75) is 19.8 Å². The summed E-state index contributed by atoms with van der Waals surface area (Å²) >= 11 is 0. The summed E-state index contributed by atoms with van der Waals surface area (Å²) in [4.78, 5) is 23.1. The average molecular weight is 402 g/mol. The maximum atomic E-state index is 13.9. The van der Waals surface area contributed by atoms with Crippen molar-refractivity contribution in [2.24, 2.45) is 0 Å². The third-order valence-electron chi connectivity index (χ3n) is 5.42. The van der Waals surface area contributed by atoms with Crippen molar-refractivity contribution in [1.29, 1.82) is 0 Å². The fourth-order valence-corrected chi connectivity index (χ4v) is 3.99. The molecule has 0 fully saturated rings. The molecule has 3 heterocycles. The lowest BCUT2D eigenvalue weighted by Crippen LogP contribution is -2.30. The van der Waals surface area contributed by atoms with Crippen LogP contribution in [0.25, 0.3) is 22.3 Å². The standard InChI is InChI=1S/C22H19FN6O/c1-12-25-21(24)19-20(27-28-22(19)26-12)15-6-7-17-14(10-15)8-9-29(17)18(30)11-13-4-2-3-5-16(13)23/h2-7,10H,8-9,11H2,1H3,(H3,24,25,26,27,28). The number of carbonyl (C=O) groups excluding carboxylic acids is 1. The molecule has 1 amide bonds. The SMILES string of the molecule is Cc1nc(N)c2c(-c3ccc4c(c3)CCN4C(=O)Cc3ccccc3F)[nH]nc2n1. The molecule has 7 nitrogen and oxygen atoms in total. The largest absolute Gasteiger partial charge is 0.383 e. The maximum Gasteiger partial charge on any atom is 0.231 e. The van der Waals surface area contributed by atoms with E-state index in [0.717, 1.165) is 28.9 Å². The number of benzene rings is 2. The second-order valence-electron chi connectivity index (χ2n) is 7.36. The van der Waals surface area contributed by atoms with Gasteiger partial charge >= 0.3 is 0 Å². The van der Waals surface area contributed by atoms with Gasteiger partial charge in [0, 0.05) is 17.8 Å². The van der Waals surface area contributed by atoms with Gasteiger partial charge in [-0.3, -0.25) is 9.89 Å². The van der Waals surface area contributed by atoms with E-state index < -0.39 is 0 Å². The highest BCUT2D eigenvalue weighted by atomic mass is 19.1. The second kappa shape index (κ2) is 6.91. The number of aromatic amines is 1. The third-order valence-corrected chi connectivity index (χ3v) is 5.42. The second-order valence-corrected chi connectivity index (χ2v) is 7.36. The van der Waals surface area contributed by atoms with Gasteiger partial charge in [-0.05, 0) is 42.7 Å². The molecule has 3 N–H and O–H groups in total. The van der Waals surface area contributed by atoms with E-state index >= 15 is 0 Å². The summed E-state index contributed by atoms with van der Waals surface area (Å²) in [5.74, 6) is 0.466. The number of fused-ring (bicyclic) bond motifs is 2. The summed E-state index contributed by atoms with van der Waals surface area (Å²) in [6, 6.07) is 12.2. The molecule has 0 aliphatic carbocycles. The minimum Gasteiger partial charge on any atom is -0.383 e. The monoisotopic (exact) mass is 402 g/mol. The van der Waals surface area contributed by atoms with Gasteiger partial charge in [-0.1, -0.05) is 24.3 Å². The highest BCUT2D eigenvalue weighted by molar-refractivity contribution is 6.00. The first-order chi connectivity index (χ1) is 14.5. The first kappa shape index (κ1) is 18.2. The van der Waals surface area contributed by atoms with E-state index in [1.54, 1.807) is 30.0 Å². The van der Waals surface area contributed by atoms with Gasteiger partial charge in [-0.2, -0.15) is 5.10 Å². The Morgan fingerprint density at radius 3 is 2.90 bits per heavy atom. The Hall–Kier alpha value is -3.81. The molecule has 0 unspecified atom stereocenters. The lowest BCUT2D eigenvalue weighted by molar-refractivity contribution is -0.117. The van der Waals surface area contributed by atoms with Crippen molar-refractivity contribution >= 4 is 28.4 Å². The van der Waals surface area contributed by atoms with E-state index in [4.69, 9.17) is 5.73 Å². The predicted octanol–water partition coefficient (Wildman–Crippen LogP) is 3.18. The molecule has 0 radical (unpaired) electrons. The normalized spacial score (nSPS) is 13.1. The first-order valence-electron chi connectivity index (χ1n) is 9.66. The van der Waals surface area contributed by atoms with Gasteiger partial charge in [0.2, 0.25) is 5.91 Å². The van der Waals surface area contributed by atoms with E-state index in [9.17, 15) is 9.18 Å². The first-order valence-corrected chi connectivity index (χ1v) is 9.66. The van der Waals surface area contributed by atoms with Crippen LogP contribution in [0.3, 0.4) is 0 Å². The van der Waals surface area contributed by atoms with Crippen LogP contribution in [0, 0.1) is 12.7 Å². The number of hydrogen-bond acceptors (Lipinski definition) is 5. The number of amides is 1. The van der Waals surface area contributed by atoms with E-state index in [0.29, 0.717) is 34.8 Å². The summed E-state index contributed by atoms with van der Waals surface area (Å²) in [6.07, 6.45) is 0.760. The number of carbonyl (C=O) groups is 1. The Labute approximate surface area is 171 Å². The summed E-state index contributed by atoms with van der Waals surface area (Å²) in [7, 11) is 0. The highest BCUT2D eigenvalue weighted by Crippen LogP contribution is 2.35. The highest BCUT2D eigenvalue weighted by Gasteiger charge is 2.26. The minimum absolute atomic E-state index is 0.0340. The number of nitrogens with two attached hydrogens (primary N) is 1. The van der Waals surface area contributed by atoms with Gasteiger partial charge in [-0.25, -0.2) is 14.4 Å². The molecule has 0 saturated carbocycles. The molecule has 2 aromatic carbocycles. The van der Waals surface area contributed by atoms with Crippen LogP contribution in [-0.2, 0) is 17.6 Å². The Morgan fingerprint density at radius 1 is 1.23 bits per heavy atom. The average Bonchev–Trinajstić information content (AvgIpc) is 3.33. The molecule has 30 heavy (non-hydrogen) atoms. The fraction of sp³-hybridized carbons (Fsp3) is 0.182. The summed E-state index contributed by atoms with van der Waals surface area (Å²) in [5, 5.41) is 7.95. The van der Waals surface area contributed by atoms with E-state index in [2.05, 4.69) is 20.2 Å². The van der Waals surface area contributed by atoms with Crippen LogP contribution < -0.4 is 10.6 Å². The van der Waals surface area contributed by atoms with Gasteiger partial charge in [0.25, 0.3) is 0 Å². The number of aryl methyl sites for hydroxylation is 1. The van der Waals surface area contributed by atoms with Crippen molar-refractivity contribution < 1.29 is 9.18 Å². The molecule has 1 aliphatic rings. The van der Waals surface area contributed by atoms with E-state index in [1.165, 1.54) is 6.07 Å². The van der Waals surface area contributed by atoms with Gasteiger partial charge in [0.1, 0.15) is 17.5 Å². The summed E-state index contributed by atoms with van der Waals surface area (Å²) in [5.41, 5.74) is 10.6. The third kappa shape index (κ3) is 2.97. The van der Waals surface area contributed by atoms with Crippen LogP contribution in [0.4, 0.5) is 15.9 Å². The number of nitrogens with one attached hydrogen (secondary N) is 1. The summed E-state index contributed by atoms with van der Waals surface area (Å²) in [6.45, 7) is 2.34. The number of nitrogen functional groups attached to an aromatic ring is 1. The minimum atomic E-state index is -0.359. The van der Waals surface area contributed by atoms with Gasteiger partial charge in [0.05, 0.1) is 17.5 Å². The van der Waals surface area contributed by atoms with Crippen LogP contribution >= 0.6 is 0 Å². The Kier molecular flexibility index (Phi) is 4.20. The number of H-pyrrole nitrogens is 1. The number of anilines is 2. The number of rotatable bonds is 3. The Morgan fingerprint density at radius 2 is 2.07 bits per heavy atom. The number of halogens is 1. The topological polar surface area (TPSA) is 101 Å². The summed E-state index contributed by atoms with van der Waals surface area (Å²) < 4.78 is 13.9. The molecule has 0 saturated heterocycles. The van der Waals surface area contributed by atoms with Crippen molar-refractivity contribution in [2.75, 3.05) is 17.2 Å². The maximum absolute atomic E-state index is 13.9. The van der Waals surface area contributed by atoms with Crippen molar-refractivity contribution in [3.63, 3.8) is 0 Å². The van der Waals surface area contributed by atoms with Crippen LogP contribution in [0.15, 0.2) is 42.5 Å². The molecule has 5 rings (SSSR count). The molecule has 0 atom stereocenters. The van der Waals surface area contributed by atoms with Crippen LogP contribution in [0.2, 0.25) is 0 Å². The number of nitrogens with zero attached hydrogens (tertiary/aromatic N) is 4. The van der Waals surface area contributed by atoms with Gasteiger partial charge in [-0.15, -0.1) is 0 Å². The Balaban J connectivity index is 1.46. The zero-order valence-corrected chi connectivity index (χ0v) is 16.3. The van der Waals surface area contributed by atoms with Crippen molar-refractivity contribution in [3.8, 4) is 11.3 Å². The van der Waals surface area contributed by atoms with E-state index in [-0.39, 0.29) is 18.1 Å². The molecular weight excluding hydrogens is 383 g/mol. The van der Waals surface area contributed by atoms with Crippen LogP contribution in [0.5, 0.6) is 0 Å². The van der Waals surface area contributed by atoms with Crippen LogP contribution in [-0.4, -0.2) is 32.6 Å². The zero-order valence-electron chi connectivity index (χ0n) is 16.3. The lowest BCUT2D eigenvalue weighted by Gasteiger charge is -2.18. The Bertz CT molecular complexity index is 1300. The van der Waals surface area contributed by atoms with Crippen molar-refractivity contribution in [3.05, 3.63) is 65.2 Å². The fourth-order valence-electron chi connectivity index (χ4n) is 3.99. The predicted molar refractivity (Wildman–Crippen MR) is 112 cm³/mol. The van der Waals surface area contributed by atoms with Gasteiger partial charge in [0.15, 0.2) is 5.65 Å². The molecule has 4 aromatic rings. The molecule has 0 spiro atoms. The molecule has 8 heteroatoms. The van der Waals surface area contributed by atoms with Gasteiger partial charge < -0.3 is 10.6 Å². The number of hydrogen-bond donors (Lipinski definition) is 2. The molecule has 1 aliphatic heterocycles. The van der Waals surface area contributed by atoms with E-state index in [1.807, 2.05) is 18.2 Å². The molecular formula is C22H19FN6O. The molecule has 2 aromatic heterocycles. The van der Waals surface area contributed by atoms with Crippen molar-refractivity contribution in [1.82, 2.24) is 20.2 Å². The molecule has 0 bridgehead atoms. The van der Waals surface area contributed by atoms with Crippen LogP contribution in [0.1, 0.15) is 17.0 Å². The quantitative estimate of drug-likeness (QED) is 0.548. The smallest absolute Gasteiger partial charge is 0.231 e. The lowest BCUT2D eigenvalue weighted by atomic mass is 10.0. The molecule has 150 valence electrons. The zero-order chi connectivity index (χ0) is 20.8. The number of aromatic nitrogens is 4.